The normalized spacial score (nSPS) is 10.5. The van der Waals surface area contributed by atoms with E-state index in [2.05, 4.69) is 5.32 Å². The van der Waals surface area contributed by atoms with Crippen molar-refractivity contribution in [3.63, 3.8) is 0 Å². The molecule has 0 spiro atoms. The van der Waals surface area contributed by atoms with Gasteiger partial charge in [0.15, 0.2) is 0 Å². The van der Waals surface area contributed by atoms with Crippen molar-refractivity contribution in [1.29, 1.82) is 0 Å². The molecule has 132 valence electrons. The molecule has 6 heteroatoms. The molecule has 0 radical (unpaired) electrons. The summed E-state index contributed by atoms with van der Waals surface area (Å²) in [6.07, 6.45) is 0. The number of carbonyl (C=O) groups excluding carboxylic acids is 1. The first kappa shape index (κ1) is 17.4. The van der Waals surface area contributed by atoms with Crippen LogP contribution in [0, 0.1) is 17.0 Å². The van der Waals surface area contributed by atoms with Gasteiger partial charge in [-0.3, -0.25) is 14.9 Å². The summed E-state index contributed by atoms with van der Waals surface area (Å²) in [6, 6.07) is 18.4. The highest BCUT2D eigenvalue weighted by atomic mass is 16.6. The third kappa shape index (κ3) is 3.80. The zero-order valence-corrected chi connectivity index (χ0v) is 14.3. The van der Waals surface area contributed by atoms with Crippen molar-refractivity contribution in [3.05, 3.63) is 81.9 Å². The van der Waals surface area contributed by atoms with Crippen LogP contribution in [0.15, 0.2) is 60.7 Å². The summed E-state index contributed by atoms with van der Waals surface area (Å²) >= 11 is 0. The Morgan fingerprint density at radius 1 is 1.08 bits per heavy atom. The number of nitro benzene ring substituents is 1. The van der Waals surface area contributed by atoms with E-state index in [-0.39, 0.29) is 24.4 Å². The highest BCUT2D eigenvalue weighted by molar-refractivity contribution is 5.98. The van der Waals surface area contributed by atoms with E-state index in [1.807, 2.05) is 42.5 Å². The van der Waals surface area contributed by atoms with Gasteiger partial charge in [-0.1, -0.05) is 42.5 Å². The van der Waals surface area contributed by atoms with Crippen LogP contribution in [0.1, 0.15) is 15.9 Å². The van der Waals surface area contributed by atoms with Gasteiger partial charge in [-0.15, -0.1) is 0 Å². The number of para-hydroxylation sites is 1. The Kier molecular flexibility index (Phi) is 5.12. The number of carbonyl (C=O) groups is 1. The van der Waals surface area contributed by atoms with Crippen molar-refractivity contribution in [1.82, 2.24) is 5.32 Å². The quantitative estimate of drug-likeness (QED) is 0.416. The Morgan fingerprint density at radius 3 is 2.62 bits per heavy atom. The van der Waals surface area contributed by atoms with E-state index in [0.29, 0.717) is 11.3 Å². The van der Waals surface area contributed by atoms with Crippen LogP contribution in [-0.2, 0) is 0 Å². The molecule has 3 aromatic carbocycles. The van der Waals surface area contributed by atoms with Crippen LogP contribution in [0.2, 0.25) is 0 Å². The minimum Gasteiger partial charge on any atom is -0.492 e. The second kappa shape index (κ2) is 7.65. The van der Waals surface area contributed by atoms with E-state index in [1.165, 1.54) is 6.07 Å². The molecule has 0 heterocycles. The van der Waals surface area contributed by atoms with Crippen LogP contribution in [0.3, 0.4) is 0 Å². The highest BCUT2D eigenvalue weighted by Gasteiger charge is 2.21. The van der Waals surface area contributed by atoms with Gasteiger partial charge in [0.2, 0.25) is 0 Å². The monoisotopic (exact) mass is 350 g/mol. The van der Waals surface area contributed by atoms with Crippen molar-refractivity contribution in [2.24, 2.45) is 0 Å². The lowest BCUT2D eigenvalue weighted by Crippen LogP contribution is -2.28. The van der Waals surface area contributed by atoms with Gasteiger partial charge in [0.25, 0.3) is 11.6 Å². The number of amides is 1. The molecule has 0 aliphatic rings. The molecule has 0 unspecified atom stereocenters. The minimum atomic E-state index is -0.532. The van der Waals surface area contributed by atoms with Crippen molar-refractivity contribution in [2.75, 3.05) is 13.2 Å². The molecule has 0 saturated heterocycles. The van der Waals surface area contributed by atoms with Crippen LogP contribution in [0.4, 0.5) is 5.69 Å². The lowest BCUT2D eigenvalue weighted by atomic mass is 10.1. The first-order valence-electron chi connectivity index (χ1n) is 8.20. The molecule has 0 bridgehead atoms. The first-order chi connectivity index (χ1) is 12.6. The van der Waals surface area contributed by atoms with Gasteiger partial charge in [-0.2, -0.15) is 0 Å². The van der Waals surface area contributed by atoms with Crippen molar-refractivity contribution < 1.29 is 14.5 Å². The number of benzene rings is 3. The molecule has 3 rings (SSSR count). The van der Waals surface area contributed by atoms with Crippen molar-refractivity contribution >= 4 is 22.4 Å². The van der Waals surface area contributed by atoms with Crippen LogP contribution in [-0.4, -0.2) is 24.0 Å². The second-order valence-electron chi connectivity index (χ2n) is 5.84. The first-order valence-corrected chi connectivity index (χ1v) is 8.20. The number of fused-ring (bicyclic) bond motifs is 1. The van der Waals surface area contributed by atoms with Gasteiger partial charge in [-0.25, -0.2) is 0 Å². The van der Waals surface area contributed by atoms with Gasteiger partial charge in [0.05, 0.1) is 11.5 Å². The summed E-state index contributed by atoms with van der Waals surface area (Å²) < 4.78 is 5.65. The molecule has 1 N–H and O–H groups in total. The van der Waals surface area contributed by atoms with Gasteiger partial charge in [0.1, 0.15) is 17.9 Å². The Labute approximate surface area is 150 Å². The molecule has 0 aromatic heterocycles. The lowest BCUT2D eigenvalue weighted by Gasteiger charge is -2.09. The molecule has 0 atom stereocenters. The maximum atomic E-state index is 12.2. The Bertz CT molecular complexity index is 969. The maximum absolute atomic E-state index is 12.2. The fraction of sp³-hybridized carbons (Fsp3) is 0.150. The van der Waals surface area contributed by atoms with E-state index in [9.17, 15) is 14.9 Å². The van der Waals surface area contributed by atoms with Gasteiger partial charge in [-0.05, 0) is 35.9 Å². The molecule has 3 aromatic rings. The zero-order valence-electron chi connectivity index (χ0n) is 14.3. The van der Waals surface area contributed by atoms with Crippen LogP contribution < -0.4 is 10.1 Å². The molecule has 0 aliphatic carbocycles. The predicted octanol–water partition coefficient (Wildman–Crippen LogP) is 3.87. The van der Waals surface area contributed by atoms with Crippen molar-refractivity contribution in [3.8, 4) is 5.75 Å². The lowest BCUT2D eigenvalue weighted by molar-refractivity contribution is -0.385. The predicted molar refractivity (Wildman–Crippen MR) is 99.6 cm³/mol. The van der Waals surface area contributed by atoms with E-state index < -0.39 is 10.8 Å². The minimum absolute atomic E-state index is 0.0562. The molecule has 0 fully saturated rings. The average Bonchev–Trinajstić information content (AvgIpc) is 2.64. The Balaban J connectivity index is 1.59. The number of aryl methyl sites for hydroxylation is 1. The standard InChI is InChI=1S/C20H18N2O4/c1-14-5-4-8-18(19(14)22(24)25)20(23)21-11-12-26-17-10-9-15-6-2-3-7-16(15)13-17/h2-10,13H,11-12H2,1H3,(H,21,23). The fourth-order valence-corrected chi connectivity index (χ4v) is 2.77. The fourth-order valence-electron chi connectivity index (χ4n) is 2.77. The smallest absolute Gasteiger partial charge is 0.285 e. The summed E-state index contributed by atoms with van der Waals surface area (Å²) in [5.74, 6) is 0.224. The number of hydrogen-bond acceptors (Lipinski definition) is 4. The molecular formula is C20H18N2O4. The van der Waals surface area contributed by atoms with Gasteiger partial charge in [0, 0.05) is 5.56 Å². The number of ether oxygens (including phenoxy) is 1. The van der Waals surface area contributed by atoms with Crippen molar-refractivity contribution in [2.45, 2.75) is 6.92 Å². The molecule has 0 saturated carbocycles. The molecule has 6 nitrogen and oxygen atoms in total. The largest absolute Gasteiger partial charge is 0.492 e. The van der Waals surface area contributed by atoms with Crippen LogP contribution >= 0.6 is 0 Å². The molecule has 26 heavy (non-hydrogen) atoms. The highest BCUT2D eigenvalue weighted by Crippen LogP contribution is 2.23. The summed E-state index contributed by atoms with van der Waals surface area (Å²) in [5, 5.41) is 16.0. The number of nitrogens with zero attached hydrogens (tertiary/aromatic N) is 1. The third-order valence-electron chi connectivity index (χ3n) is 4.04. The van der Waals surface area contributed by atoms with E-state index in [1.54, 1.807) is 19.1 Å². The maximum Gasteiger partial charge on any atom is 0.285 e. The molecule has 1 amide bonds. The van der Waals surface area contributed by atoms with E-state index in [4.69, 9.17) is 4.74 Å². The SMILES string of the molecule is Cc1cccc(C(=O)NCCOc2ccc3ccccc3c2)c1[N+](=O)[O-]. The molecule has 0 aliphatic heterocycles. The summed E-state index contributed by atoms with van der Waals surface area (Å²) in [5.41, 5.74) is 0.344. The number of nitrogens with one attached hydrogen (secondary N) is 1. The topological polar surface area (TPSA) is 81.5 Å². The van der Waals surface area contributed by atoms with Gasteiger partial charge < -0.3 is 10.1 Å². The summed E-state index contributed by atoms with van der Waals surface area (Å²) in [4.78, 5) is 22.9. The Hall–Kier alpha value is -3.41. The van der Waals surface area contributed by atoms with Crippen LogP contribution in [0.5, 0.6) is 5.75 Å². The van der Waals surface area contributed by atoms with E-state index >= 15 is 0 Å². The number of rotatable bonds is 6. The van der Waals surface area contributed by atoms with E-state index in [0.717, 1.165) is 10.8 Å². The second-order valence-corrected chi connectivity index (χ2v) is 5.84. The zero-order chi connectivity index (χ0) is 18.5. The van der Waals surface area contributed by atoms with Crippen LogP contribution in [0.25, 0.3) is 10.8 Å². The van der Waals surface area contributed by atoms with Gasteiger partial charge >= 0.3 is 0 Å². The summed E-state index contributed by atoms with van der Waals surface area (Å²) in [6.45, 7) is 2.12. The average molecular weight is 350 g/mol. The summed E-state index contributed by atoms with van der Waals surface area (Å²) in [7, 11) is 0. The third-order valence-corrected chi connectivity index (χ3v) is 4.04. The Morgan fingerprint density at radius 2 is 1.85 bits per heavy atom. The number of hydrogen-bond donors (Lipinski definition) is 1. The molecular weight excluding hydrogens is 332 g/mol. The number of nitro groups is 1.